The van der Waals surface area contributed by atoms with Crippen LogP contribution in [0.5, 0.6) is 11.5 Å². The van der Waals surface area contributed by atoms with Gasteiger partial charge in [0.2, 0.25) is 0 Å². The third-order valence-corrected chi connectivity index (χ3v) is 5.02. The predicted molar refractivity (Wildman–Crippen MR) is 113 cm³/mol. The lowest BCUT2D eigenvalue weighted by atomic mass is 10.0. The Morgan fingerprint density at radius 1 is 0.806 bits per heavy atom. The van der Waals surface area contributed by atoms with E-state index in [1.54, 1.807) is 42.5 Å². The van der Waals surface area contributed by atoms with Crippen molar-refractivity contribution in [3.8, 4) is 11.5 Å². The normalized spacial score (nSPS) is 15.5. The summed E-state index contributed by atoms with van der Waals surface area (Å²) in [6.45, 7) is 0.901. The molecule has 31 heavy (non-hydrogen) atoms. The summed E-state index contributed by atoms with van der Waals surface area (Å²) in [6.07, 6.45) is 0. The topological polar surface area (TPSA) is 67.9 Å². The molecule has 0 radical (unpaired) electrons. The van der Waals surface area contributed by atoms with Crippen LogP contribution in [-0.4, -0.2) is 25.0 Å². The van der Waals surface area contributed by atoms with Gasteiger partial charge in [-0.15, -0.1) is 0 Å². The van der Waals surface area contributed by atoms with Crippen LogP contribution < -0.4 is 19.7 Å². The first-order valence-electron chi connectivity index (χ1n) is 9.72. The molecule has 3 aromatic rings. The summed E-state index contributed by atoms with van der Waals surface area (Å²) in [5.41, 5.74) is 1.64. The number of hydrogen-bond acceptors (Lipinski definition) is 5. The number of benzene rings is 3. The van der Waals surface area contributed by atoms with Gasteiger partial charge in [-0.1, -0.05) is 36.4 Å². The number of imide groups is 1. The average molecular weight is 416 g/mol. The van der Waals surface area contributed by atoms with Gasteiger partial charge in [0.25, 0.3) is 11.8 Å². The lowest BCUT2D eigenvalue weighted by molar-refractivity contribution is -0.120. The van der Waals surface area contributed by atoms with Crippen LogP contribution in [0.4, 0.5) is 15.8 Å². The van der Waals surface area contributed by atoms with Crippen LogP contribution in [0.25, 0.3) is 5.57 Å². The van der Waals surface area contributed by atoms with Crippen LogP contribution in [0.3, 0.4) is 0 Å². The molecule has 2 amide bonds. The number of nitrogens with zero attached hydrogens (tertiary/aromatic N) is 1. The number of nitrogens with one attached hydrogen (secondary N) is 1. The van der Waals surface area contributed by atoms with E-state index in [0.717, 1.165) is 11.0 Å². The third-order valence-electron chi connectivity index (χ3n) is 5.02. The van der Waals surface area contributed by atoms with Crippen molar-refractivity contribution in [3.05, 3.63) is 89.9 Å². The lowest BCUT2D eigenvalue weighted by Gasteiger charge is -2.19. The van der Waals surface area contributed by atoms with E-state index >= 15 is 0 Å². The second-order valence-corrected chi connectivity index (χ2v) is 7.03. The second kappa shape index (κ2) is 7.60. The zero-order valence-electron chi connectivity index (χ0n) is 16.3. The van der Waals surface area contributed by atoms with E-state index in [9.17, 15) is 14.0 Å². The Kier molecular flexibility index (Phi) is 4.63. The van der Waals surface area contributed by atoms with Gasteiger partial charge in [0.15, 0.2) is 11.5 Å². The number of carbonyl (C=O) groups excluding carboxylic acids is 2. The number of amides is 2. The molecule has 0 saturated heterocycles. The van der Waals surface area contributed by atoms with Gasteiger partial charge in [0.1, 0.15) is 24.7 Å². The minimum absolute atomic E-state index is 0.108. The minimum Gasteiger partial charge on any atom is -0.486 e. The van der Waals surface area contributed by atoms with Gasteiger partial charge in [-0.25, -0.2) is 9.29 Å². The number of hydrogen-bond donors (Lipinski definition) is 1. The van der Waals surface area contributed by atoms with Crippen LogP contribution in [0, 0.1) is 5.82 Å². The van der Waals surface area contributed by atoms with Crippen LogP contribution >= 0.6 is 0 Å². The highest BCUT2D eigenvalue weighted by atomic mass is 19.1. The number of carbonyl (C=O) groups is 2. The van der Waals surface area contributed by atoms with E-state index in [1.165, 1.54) is 18.2 Å². The van der Waals surface area contributed by atoms with Gasteiger partial charge in [-0.2, -0.15) is 0 Å². The monoisotopic (exact) mass is 416 g/mol. The molecule has 0 fully saturated rings. The van der Waals surface area contributed by atoms with E-state index in [4.69, 9.17) is 9.47 Å². The van der Waals surface area contributed by atoms with Crippen LogP contribution in [-0.2, 0) is 9.59 Å². The van der Waals surface area contributed by atoms with Crippen molar-refractivity contribution >= 4 is 28.8 Å². The maximum absolute atomic E-state index is 13.8. The molecule has 2 heterocycles. The molecule has 2 aliphatic rings. The van der Waals surface area contributed by atoms with E-state index < -0.39 is 17.6 Å². The van der Waals surface area contributed by atoms with Crippen molar-refractivity contribution in [2.24, 2.45) is 0 Å². The van der Waals surface area contributed by atoms with Gasteiger partial charge >= 0.3 is 0 Å². The van der Waals surface area contributed by atoms with Gasteiger partial charge < -0.3 is 14.8 Å². The Bertz CT molecular complexity index is 1220. The average Bonchev–Trinajstić information content (AvgIpc) is 3.03. The van der Waals surface area contributed by atoms with E-state index in [1.807, 2.05) is 6.07 Å². The molecule has 0 bridgehead atoms. The Morgan fingerprint density at radius 2 is 1.58 bits per heavy atom. The summed E-state index contributed by atoms with van der Waals surface area (Å²) in [5.74, 6) is -0.458. The van der Waals surface area contributed by atoms with Crippen LogP contribution in [0.2, 0.25) is 0 Å². The van der Waals surface area contributed by atoms with Gasteiger partial charge in [0.05, 0.1) is 11.3 Å². The summed E-state index contributed by atoms with van der Waals surface area (Å²) in [7, 11) is 0. The Balaban J connectivity index is 1.58. The number of rotatable bonds is 4. The SMILES string of the molecule is O=C1C(Nc2ccc3c(c2)OCCO3)=C(c2ccccc2)C(=O)N1c1cccc(F)c1. The number of fused-ring (bicyclic) bond motifs is 1. The highest BCUT2D eigenvalue weighted by molar-refractivity contribution is 6.46. The maximum atomic E-state index is 13.8. The Morgan fingerprint density at radius 3 is 2.35 bits per heavy atom. The van der Waals surface area contributed by atoms with Crippen molar-refractivity contribution in [2.75, 3.05) is 23.4 Å². The number of anilines is 2. The predicted octanol–water partition coefficient (Wildman–Crippen LogP) is 3.99. The largest absolute Gasteiger partial charge is 0.486 e. The molecule has 0 spiro atoms. The molecule has 7 heteroatoms. The molecule has 3 aromatic carbocycles. The standard InChI is InChI=1S/C24H17FN2O4/c25-16-7-4-8-18(13-16)27-23(28)21(15-5-2-1-3-6-15)22(24(27)29)26-17-9-10-19-20(14-17)31-12-11-30-19/h1-10,13-14,26H,11-12H2. The fourth-order valence-corrected chi connectivity index (χ4v) is 3.63. The van der Waals surface area contributed by atoms with Crippen molar-refractivity contribution in [2.45, 2.75) is 0 Å². The molecule has 154 valence electrons. The molecular weight excluding hydrogens is 399 g/mol. The van der Waals surface area contributed by atoms with Crippen molar-refractivity contribution in [1.82, 2.24) is 0 Å². The number of ether oxygens (including phenoxy) is 2. The molecule has 1 N–H and O–H groups in total. The molecular formula is C24H17FN2O4. The first-order chi connectivity index (χ1) is 15.1. The first-order valence-corrected chi connectivity index (χ1v) is 9.72. The number of halogens is 1. The van der Waals surface area contributed by atoms with Gasteiger partial charge in [0, 0.05) is 11.8 Å². The smallest absolute Gasteiger partial charge is 0.282 e. The first kappa shape index (κ1) is 18.9. The fourth-order valence-electron chi connectivity index (χ4n) is 3.63. The van der Waals surface area contributed by atoms with Crippen molar-refractivity contribution in [1.29, 1.82) is 0 Å². The Hall–Kier alpha value is -4.13. The molecule has 6 nitrogen and oxygen atoms in total. The summed E-state index contributed by atoms with van der Waals surface area (Å²) < 4.78 is 24.9. The molecule has 0 aromatic heterocycles. The molecule has 5 rings (SSSR count). The van der Waals surface area contributed by atoms with Crippen molar-refractivity contribution in [3.63, 3.8) is 0 Å². The zero-order chi connectivity index (χ0) is 21.4. The lowest BCUT2D eigenvalue weighted by Crippen LogP contribution is -2.32. The second-order valence-electron chi connectivity index (χ2n) is 7.03. The van der Waals surface area contributed by atoms with Crippen LogP contribution in [0.15, 0.2) is 78.5 Å². The molecule has 2 aliphatic heterocycles. The van der Waals surface area contributed by atoms with E-state index in [0.29, 0.717) is 36.0 Å². The zero-order valence-corrected chi connectivity index (χ0v) is 16.3. The summed E-state index contributed by atoms with van der Waals surface area (Å²) in [6, 6.07) is 19.5. The molecule has 0 unspecified atom stereocenters. The van der Waals surface area contributed by atoms with E-state index in [-0.39, 0.29) is 17.0 Å². The summed E-state index contributed by atoms with van der Waals surface area (Å²) in [4.78, 5) is 27.6. The molecule has 0 saturated carbocycles. The van der Waals surface area contributed by atoms with Gasteiger partial charge in [-0.3, -0.25) is 9.59 Å². The minimum atomic E-state index is -0.565. The highest BCUT2D eigenvalue weighted by Crippen LogP contribution is 2.36. The van der Waals surface area contributed by atoms with Crippen LogP contribution in [0.1, 0.15) is 5.56 Å². The van der Waals surface area contributed by atoms with E-state index in [2.05, 4.69) is 5.32 Å². The molecule has 0 aliphatic carbocycles. The third kappa shape index (κ3) is 3.40. The Labute approximate surface area is 177 Å². The summed E-state index contributed by atoms with van der Waals surface area (Å²) >= 11 is 0. The highest BCUT2D eigenvalue weighted by Gasteiger charge is 2.40. The van der Waals surface area contributed by atoms with Crippen molar-refractivity contribution < 1.29 is 23.5 Å². The summed E-state index contributed by atoms with van der Waals surface area (Å²) in [5, 5.41) is 3.07. The fraction of sp³-hybridized carbons (Fsp3) is 0.0833. The molecule has 0 atom stereocenters. The maximum Gasteiger partial charge on any atom is 0.282 e. The van der Waals surface area contributed by atoms with Gasteiger partial charge in [-0.05, 0) is 35.9 Å². The quantitative estimate of drug-likeness (QED) is 0.652.